The molecule has 0 saturated heterocycles. The highest BCUT2D eigenvalue weighted by molar-refractivity contribution is 5.84. The van der Waals surface area contributed by atoms with Gasteiger partial charge in [0.2, 0.25) is 0 Å². The second-order valence-corrected chi connectivity index (χ2v) is 4.00. The lowest BCUT2D eigenvalue weighted by molar-refractivity contribution is -0.144. The number of esters is 1. The fourth-order valence-corrected chi connectivity index (χ4v) is 1.09. The van der Waals surface area contributed by atoms with Gasteiger partial charge in [0, 0.05) is 6.42 Å². The number of carbonyl (C=O) groups excluding carboxylic acids is 2. The number of Topliss-reactive ketones (excluding diaryl/α,β-unsaturated/α-hetero) is 1. The van der Waals surface area contributed by atoms with Crippen LogP contribution in [0.1, 0.15) is 39.5 Å². The minimum Gasteiger partial charge on any atom is -0.466 e. The van der Waals surface area contributed by atoms with Crippen molar-refractivity contribution in [2.75, 3.05) is 13.2 Å². The van der Waals surface area contributed by atoms with Gasteiger partial charge in [0.05, 0.1) is 19.6 Å². The van der Waals surface area contributed by atoms with E-state index in [-0.39, 0.29) is 31.1 Å². The molecule has 88 valence electrons. The van der Waals surface area contributed by atoms with Gasteiger partial charge in [-0.2, -0.15) is 0 Å². The first-order valence-corrected chi connectivity index (χ1v) is 5.43. The smallest absolute Gasteiger partial charge is 0.306 e. The summed E-state index contributed by atoms with van der Waals surface area (Å²) in [5.41, 5.74) is 5.11. The fourth-order valence-electron chi connectivity index (χ4n) is 1.09. The van der Waals surface area contributed by atoms with Crippen molar-refractivity contribution in [1.82, 2.24) is 0 Å². The molecule has 0 radical (unpaired) electrons. The first-order chi connectivity index (χ1) is 7.06. The van der Waals surface area contributed by atoms with Crippen LogP contribution in [0.2, 0.25) is 0 Å². The molecule has 0 aliphatic rings. The van der Waals surface area contributed by atoms with Crippen LogP contribution in [0.4, 0.5) is 0 Å². The highest BCUT2D eigenvalue weighted by Crippen LogP contribution is 2.04. The topological polar surface area (TPSA) is 69.4 Å². The zero-order valence-electron chi connectivity index (χ0n) is 9.62. The number of hydrogen-bond donors (Lipinski definition) is 1. The maximum Gasteiger partial charge on any atom is 0.306 e. The van der Waals surface area contributed by atoms with Gasteiger partial charge in [-0.1, -0.05) is 13.8 Å². The largest absolute Gasteiger partial charge is 0.466 e. The Kier molecular flexibility index (Phi) is 7.91. The van der Waals surface area contributed by atoms with E-state index >= 15 is 0 Å². The van der Waals surface area contributed by atoms with Crippen LogP contribution in [0.5, 0.6) is 0 Å². The summed E-state index contributed by atoms with van der Waals surface area (Å²) in [6.45, 7) is 4.71. The van der Waals surface area contributed by atoms with Crippen molar-refractivity contribution in [2.24, 2.45) is 11.7 Å². The quantitative estimate of drug-likeness (QED) is 0.489. The van der Waals surface area contributed by atoms with Crippen molar-refractivity contribution in [3.05, 3.63) is 0 Å². The molecule has 0 aromatic heterocycles. The molecule has 4 heteroatoms. The van der Waals surface area contributed by atoms with Crippen molar-refractivity contribution >= 4 is 11.8 Å². The van der Waals surface area contributed by atoms with Gasteiger partial charge in [-0.25, -0.2) is 0 Å². The molecule has 0 spiro atoms. The van der Waals surface area contributed by atoms with Gasteiger partial charge in [-0.15, -0.1) is 0 Å². The fraction of sp³-hybridized carbons (Fsp3) is 0.818. The molecular formula is C11H21NO3. The van der Waals surface area contributed by atoms with Gasteiger partial charge in [0.25, 0.3) is 0 Å². The Labute approximate surface area is 91.2 Å². The Balaban J connectivity index is 3.37. The first-order valence-electron chi connectivity index (χ1n) is 5.43. The number of rotatable bonds is 8. The maximum absolute atomic E-state index is 11.1. The number of nitrogens with two attached hydrogens (primary N) is 1. The second kappa shape index (κ2) is 8.41. The summed E-state index contributed by atoms with van der Waals surface area (Å²) < 4.78 is 4.96. The minimum atomic E-state index is -0.305. The van der Waals surface area contributed by atoms with E-state index in [0.29, 0.717) is 12.5 Å². The molecule has 0 fully saturated rings. The molecule has 0 heterocycles. The standard InChI is InChI=1S/C11H21NO3/c1-9(2)4-3-7-15-11(14)6-5-10(13)8-12/h9H,3-8,12H2,1-2H3. The molecule has 0 aromatic rings. The predicted octanol–water partition coefficient (Wildman–Crippen LogP) is 1.27. The average molecular weight is 215 g/mol. The van der Waals surface area contributed by atoms with E-state index in [9.17, 15) is 9.59 Å². The lowest BCUT2D eigenvalue weighted by atomic mass is 10.1. The highest BCUT2D eigenvalue weighted by atomic mass is 16.5. The molecule has 4 nitrogen and oxygen atoms in total. The van der Waals surface area contributed by atoms with Crippen LogP contribution in [0.25, 0.3) is 0 Å². The summed E-state index contributed by atoms with van der Waals surface area (Å²) in [5.74, 6) is 0.220. The normalized spacial score (nSPS) is 10.4. The SMILES string of the molecule is CC(C)CCCOC(=O)CCC(=O)CN. The van der Waals surface area contributed by atoms with Crippen LogP contribution in [0.3, 0.4) is 0 Å². The number of carbonyl (C=O) groups is 2. The third-order valence-electron chi connectivity index (χ3n) is 2.02. The zero-order chi connectivity index (χ0) is 11.7. The molecule has 0 unspecified atom stereocenters. The number of ether oxygens (including phenoxy) is 1. The summed E-state index contributed by atoms with van der Waals surface area (Å²) >= 11 is 0. The molecule has 2 N–H and O–H groups in total. The number of ketones is 1. The van der Waals surface area contributed by atoms with Gasteiger partial charge in [0.1, 0.15) is 5.78 Å². The Hall–Kier alpha value is -0.900. The molecule has 15 heavy (non-hydrogen) atoms. The summed E-state index contributed by atoms with van der Waals surface area (Å²) in [6, 6.07) is 0. The van der Waals surface area contributed by atoms with Gasteiger partial charge in [-0.3, -0.25) is 9.59 Å². The molecule has 0 atom stereocenters. The summed E-state index contributed by atoms with van der Waals surface area (Å²) in [5, 5.41) is 0. The monoisotopic (exact) mass is 215 g/mol. The van der Waals surface area contributed by atoms with Crippen LogP contribution in [-0.4, -0.2) is 24.9 Å². The van der Waals surface area contributed by atoms with Crippen molar-refractivity contribution in [3.63, 3.8) is 0 Å². The summed E-state index contributed by atoms with van der Waals surface area (Å²) in [4.78, 5) is 21.9. The van der Waals surface area contributed by atoms with Gasteiger partial charge in [-0.05, 0) is 18.8 Å². The van der Waals surface area contributed by atoms with Crippen molar-refractivity contribution in [2.45, 2.75) is 39.5 Å². The van der Waals surface area contributed by atoms with Crippen LogP contribution in [0, 0.1) is 5.92 Å². The Morgan fingerprint density at radius 1 is 1.27 bits per heavy atom. The van der Waals surface area contributed by atoms with E-state index in [1.165, 1.54) is 0 Å². The van der Waals surface area contributed by atoms with E-state index in [1.807, 2.05) is 0 Å². The van der Waals surface area contributed by atoms with Crippen LogP contribution >= 0.6 is 0 Å². The highest BCUT2D eigenvalue weighted by Gasteiger charge is 2.06. The van der Waals surface area contributed by atoms with Crippen LogP contribution in [-0.2, 0) is 14.3 Å². The Bertz CT molecular complexity index is 202. The van der Waals surface area contributed by atoms with Crippen molar-refractivity contribution < 1.29 is 14.3 Å². The first kappa shape index (κ1) is 14.1. The molecule has 0 bridgehead atoms. The zero-order valence-corrected chi connectivity index (χ0v) is 9.62. The van der Waals surface area contributed by atoms with Gasteiger partial charge < -0.3 is 10.5 Å². The molecule has 0 saturated carbocycles. The van der Waals surface area contributed by atoms with E-state index in [4.69, 9.17) is 10.5 Å². The molecule has 0 aliphatic carbocycles. The Morgan fingerprint density at radius 3 is 2.47 bits per heavy atom. The third kappa shape index (κ3) is 9.41. The summed E-state index contributed by atoms with van der Waals surface area (Å²) in [7, 11) is 0. The number of hydrogen-bond acceptors (Lipinski definition) is 4. The van der Waals surface area contributed by atoms with Crippen molar-refractivity contribution in [1.29, 1.82) is 0 Å². The molecule has 0 amide bonds. The predicted molar refractivity (Wildman–Crippen MR) is 58.3 cm³/mol. The van der Waals surface area contributed by atoms with Gasteiger partial charge >= 0.3 is 5.97 Å². The van der Waals surface area contributed by atoms with E-state index in [0.717, 1.165) is 12.8 Å². The summed E-state index contributed by atoms with van der Waals surface area (Å²) in [6.07, 6.45) is 2.28. The lowest BCUT2D eigenvalue weighted by Gasteiger charge is -2.05. The van der Waals surface area contributed by atoms with Crippen molar-refractivity contribution in [3.8, 4) is 0 Å². The third-order valence-corrected chi connectivity index (χ3v) is 2.02. The maximum atomic E-state index is 11.1. The molecule has 0 rings (SSSR count). The lowest BCUT2D eigenvalue weighted by Crippen LogP contribution is -2.15. The van der Waals surface area contributed by atoms with E-state index in [2.05, 4.69) is 13.8 Å². The average Bonchev–Trinajstić information content (AvgIpc) is 2.20. The Morgan fingerprint density at radius 2 is 1.93 bits per heavy atom. The van der Waals surface area contributed by atoms with Gasteiger partial charge in [0.15, 0.2) is 0 Å². The van der Waals surface area contributed by atoms with Crippen LogP contribution < -0.4 is 5.73 Å². The second-order valence-electron chi connectivity index (χ2n) is 4.00. The molecule has 0 aliphatic heterocycles. The molecular weight excluding hydrogens is 194 g/mol. The molecule has 0 aromatic carbocycles. The van der Waals surface area contributed by atoms with Crippen LogP contribution in [0.15, 0.2) is 0 Å². The van der Waals surface area contributed by atoms with E-state index < -0.39 is 0 Å². The minimum absolute atomic E-state index is 0.000624. The van der Waals surface area contributed by atoms with E-state index in [1.54, 1.807) is 0 Å².